The Balaban J connectivity index is 2.27. The molecule has 0 saturated heterocycles. The van der Waals surface area contributed by atoms with E-state index >= 15 is 0 Å². The summed E-state index contributed by atoms with van der Waals surface area (Å²) in [5, 5.41) is 4.54. The highest BCUT2D eigenvalue weighted by molar-refractivity contribution is 7.08. The first-order chi connectivity index (χ1) is 8.11. The fraction of sp³-hybridized carbons (Fsp3) is 0.444. The van der Waals surface area contributed by atoms with Gasteiger partial charge < -0.3 is 4.74 Å². The summed E-state index contributed by atoms with van der Waals surface area (Å²) in [7, 11) is 1.28. The molecule has 0 spiro atoms. The lowest BCUT2D eigenvalue weighted by molar-refractivity contribution is 0.0587. The summed E-state index contributed by atoms with van der Waals surface area (Å²) in [5.74, 6) is 0.440. The number of aromatic nitrogens is 5. The van der Waals surface area contributed by atoms with E-state index in [-0.39, 0.29) is 11.7 Å². The highest BCUT2D eigenvalue weighted by Gasteiger charge is 2.15. The van der Waals surface area contributed by atoms with Crippen LogP contribution in [0.1, 0.15) is 36.2 Å². The Morgan fingerprint density at radius 3 is 2.88 bits per heavy atom. The van der Waals surface area contributed by atoms with Gasteiger partial charge in [0.25, 0.3) is 5.82 Å². The number of methoxy groups -OCH3 is 1. The largest absolute Gasteiger partial charge is 0.463 e. The van der Waals surface area contributed by atoms with Gasteiger partial charge in [-0.15, -0.1) is 5.10 Å². The number of nitrogens with zero attached hydrogens (tertiary/aromatic N) is 5. The van der Waals surface area contributed by atoms with Crippen LogP contribution in [0.25, 0.3) is 5.13 Å². The van der Waals surface area contributed by atoms with Gasteiger partial charge in [0.15, 0.2) is 0 Å². The Bertz CT molecular complexity index is 533. The lowest BCUT2D eigenvalue weighted by Gasteiger charge is -1.94. The molecule has 0 saturated carbocycles. The molecule has 2 rings (SSSR count). The number of carbonyl (C=O) groups is 1. The van der Waals surface area contributed by atoms with Crippen LogP contribution in [0.4, 0.5) is 0 Å². The fourth-order valence-electron chi connectivity index (χ4n) is 1.09. The van der Waals surface area contributed by atoms with Gasteiger partial charge in [-0.05, 0) is 0 Å². The third kappa shape index (κ3) is 2.31. The monoisotopic (exact) mass is 253 g/mol. The molecule has 2 aromatic rings. The van der Waals surface area contributed by atoms with Crippen LogP contribution < -0.4 is 0 Å². The first kappa shape index (κ1) is 11.6. The maximum absolute atomic E-state index is 11.2. The molecule has 0 bridgehead atoms. The molecule has 17 heavy (non-hydrogen) atoms. The highest BCUT2D eigenvalue weighted by Crippen LogP contribution is 2.15. The maximum Gasteiger partial charge on any atom is 0.377 e. The number of ether oxygens (including phenoxy) is 1. The minimum absolute atomic E-state index is 0.00815. The van der Waals surface area contributed by atoms with Crippen molar-refractivity contribution < 1.29 is 9.53 Å². The first-order valence-electron chi connectivity index (χ1n) is 4.95. The van der Waals surface area contributed by atoms with E-state index in [4.69, 9.17) is 0 Å². The van der Waals surface area contributed by atoms with E-state index < -0.39 is 5.97 Å². The molecule has 8 heteroatoms. The second kappa shape index (κ2) is 4.58. The van der Waals surface area contributed by atoms with Crippen LogP contribution in [0.15, 0.2) is 6.33 Å². The third-order valence-electron chi connectivity index (χ3n) is 2.00. The molecule has 0 unspecified atom stereocenters. The van der Waals surface area contributed by atoms with E-state index in [9.17, 15) is 4.79 Å². The minimum atomic E-state index is -0.572. The van der Waals surface area contributed by atoms with Gasteiger partial charge in [0.05, 0.1) is 7.11 Å². The van der Waals surface area contributed by atoms with Crippen molar-refractivity contribution in [1.82, 2.24) is 24.1 Å². The maximum atomic E-state index is 11.2. The Morgan fingerprint density at radius 2 is 2.29 bits per heavy atom. The van der Waals surface area contributed by atoms with Crippen LogP contribution in [0.2, 0.25) is 0 Å². The SMILES string of the molecule is COC(=O)c1ncn(-c2nc(C(C)C)ns2)n1. The molecule has 0 N–H and O–H groups in total. The molecule has 0 aliphatic heterocycles. The Morgan fingerprint density at radius 1 is 1.53 bits per heavy atom. The van der Waals surface area contributed by atoms with Crippen molar-refractivity contribution in [2.45, 2.75) is 19.8 Å². The van der Waals surface area contributed by atoms with Crippen molar-refractivity contribution in [1.29, 1.82) is 0 Å². The lowest BCUT2D eigenvalue weighted by Crippen LogP contribution is -2.05. The van der Waals surface area contributed by atoms with E-state index in [2.05, 4.69) is 24.2 Å². The average Bonchev–Trinajstić information content (AvgIpc) is 2.95. The van der Waals surface area contributed by atoms with Gasteiger partial charge in [-0.3, -0.25) is 0 Å². The zero-order valence-corrected chi connectivity index (χ0v) is 10.4. The smallest absolute Gasteiger partial charge is 0.377 e. The zero-order chi connectivity index (χ0) is 12.4. The summed E-state index contributed by atoms with van der Waals surface area (Å²) in [6, 6.07) is 0. The van der Waals surface area contributed by atoms with Gasteiger partial charge >= 0.3 is 5.97 Å². The van der Waals surface area contributed by atoms with Crippen LogP contribution in [0, 0.1) is 0 Å². The highest BCUT2D eigenvalue weighted by atomic mass is 32.1. The van der Waals surface area contributed by atoms with Crippen LogP contribution in [0.5, 0.6) is 0 Å². The molecule has 7 nitrogen and oxygen atoms in total. The predicted molar refractivity (Wildman–Crippen MR) is 60.3 cm³/mol. The molecule has 0 radical (unpaired) electrons. The predicted octanol–water partition coefficient (Wildman–Crippen LogP) is 1.03. The van der Waals surface area contributed by atoms with E-state index in [1.807, 2.05) is 13.8 Å². The molecule has 0 aromatic carbocycles. The summed E-state index contributed by atoms with van der Waals surface area (Å²) in [4.78, 5) is 19.3. The molecule has 0 aliphatic carbocycles. The molecule has 0 atom stereocenters. The second-order valence-electron chi connectivity index (χ2n) is 3.59. The summed E-state index contributed by atoms with van der Waals surface area (Å²) in [6.45, 7) is 4.01. The van der Waals surface area contributed by atoms with Gasteiger partial charge in [-0.25, -0.2) is 14.8 Å². The van der Waals surface area contributed by atoms with Gasteiger partial charge in [-0.1, -0.05) is 13.8 Å². The van der Waals surface area contributed by atoms with Crippen molar-refractivity contribution in [3.63, 3.8) is 0 Å². The molecule has 90 valence electrons. The summed E-state index contributed by atoms with van der Waals surface area (Å²) < 4.78 is 10.1. The topological polar surface area (TPSA) is 82.8 Å². The quantitative estimate of drug-likeness (QED) is 0.760. The van der Waals surface area contributed by atoms with E-state index in [0.29, 0.717) is 5.13 Å². The Labute approximate surface area is 102 Å². The minimum Gasteiger partial charge on any atom is -0.463 e. The van der Waals surface area contributed by atoms with Crippen LogP contribution in [0.3, 0.4) is 0 Å². The number of hydrogen-bond donors (Lipinski definition) is 0. The number of esters is 1. The number of carbonyl (C=O) groups excluding carboxylic acids is 1. The van der Waals surface area contributed by atoms with Gasteiger partial charge in [-0.2, -0.15) is 9.06 Å². The van der Waals surface area contributed by atoms with Crippen molar-refractivity contribution in [2.75, 3.05) is 7.11 Å². The van der Waals surface area contributed by atoms with Crippen molar-refractivity contribution in [2.24, 2.45) is 0 Å². The molecule has 2 heterocycles. The Kier molecular flexibility index (Phi) is 3.14. The van der Waals surface area contributed by atoms with Gasteiger partial charge in [0.1, 0.15) is 12.2 Å². The fourth-order valence-corrected chi connectivity index (χ4v) is 1.83. The zero-order valence-electron chi connectivity index (χ0n) is 9.62. The molecule has 2 aromatic heterocycles. The number of hydrogen-bond acceptors (Lipinski definition) is 7. The molecule has 0 amide bonds. The van der Waals surface area contributed by atoms with Crippen molar-refractivity contribution >= 4 is 17.5 Å². The lowest BCUT2D eigenvalue weighted by atomic mass is 10.2. The summed E-state index contributed by atoms with van der Waals surface area (Å²) >= 11 is 1.21. The number of rotatable bonds is 3. The first-order valence-corrected chi connectivity index (χ1v) is 5.73. The second-order valence-corrected chi connectivity index (χ2v) is 4.32. The normalized spacial score (nSPS) is 10.8. The standard InChI is InChI=1S/C9H11N5O2S/c1-5(2)6-11-9(17-13-6)14-4-10-7(12-14)8(15)16-3/h4-5H,1-3H3. The molecule has 0 fully saturated rings. The van der Waals surface area contributed by atoms with Crippen molar-refractivity contribution in [3.05, 3.63) is 18.0 Å². The van der Waals surface area contributed by atoms with Crippen LogP contribution >= 0.6 is 11.5 Å². The summed E-state index contributed by atoms with van der Waals surface area (Å²) in [6.07, 6.45) is 1.41. The molecule has 0 aliphatic rings. The molecular formula is C9H11N5O2S. The molecular weight excluding hydrogens is 242 g/mol. The average molecular weight is 253 g/mol. The third-order valence-corrected chi connectivity index (χ3v) is 2.72. The van der Waals surface area contributed by atoms with Crippen LogP contribution in [-0.2, 0) is 4.74 Å². The van der Waals surface area contributed by atoms with Gasteiger partial charge in [0, 0.05) is 17.5 Å². The summed E-state index contributed by atoms with van der Waals surface area (Å²) in [5.41, 5.74) is 0. The Hall–Kier alpha value is -1.83. The van der Waals surface area contributed by atoms with Crippen LogP contribution in [-0.4, -0.2) is 37.2 Å². The van der Waals surface area contributed by atoms with E-state index in [0.717, 1.165) is 5.82 Å². The van der Waals surface area contributed by atoms with E-state index in [1.54, 1.807) is 0 Å². The van der Waals surface area contributed by atoms with E-state index in [1.165, 1.54) is 29.7 Å². The van der Waals surface area contributed by atoms with Gasteiger partial charge in [0.2, 0.25) is 5.13 Å². The van der Waals surface area contributed by atoms with Crippen molar-refractivity contribution in [3.8, 4) is 5.13 Å².